The van der Waals surface area contributed by atoms with E-state index in [4.69, 9.17) is 4.74 Å². The summed E-state index contributed by atoms with van der Waals surface area (Å²) in [6.45, 7) is 6.96. The number of nitrogens with one attached hydrogen (secondary N) is 1. The molecule has 0 saturated carbocycles. The predicted octanol–water partition coefficient (Wildman–Crippen LogP) is 2.89. The van der Waals surface area contributed by atoms with E-state index in [0.29, 0.717) is 42.9 Å². The fourth-order valence-corrected chi connectivity index (χ4v) is 3.36. The molecule has 0 atom stereocenters. The summed E-state index contributed by atoms with van der Waals surface area (Å²) in [5.41, 5.74) is 1.93. The maximum Gasteiger partial charge on any atom is 0.251 e. The molecule has 1 aliphatic rings. The molecule has 0 radical (unpaired) electrons. The van der Waals surface area contributed by atoms with Crippen molar-refractivity contribution in [2.45, 2.75) is 39.5 Å². The van der Waals surface area contributed by atoms with Gasteiger partial charge in [0.1, 0.15) is 0 Å². The Morgan fingerprint density at radius 1 is 1.19 bits per heavy atom. The molecular formula is C21H32N2O3. The zero-order chi connectivity index (χ0) is 18.9. The molecule has 0 unspecified atom stereocenters. The third kappa shape index (κ3) is 6.45. The molecule has 1 fully saturated rings. The molecule has 5 nitrogen and oxygen atoms in total. The topological polar surface area (TPSA) is 58.6 Å². The van der Waals surface area contributed by atoms with Gasteiger partial charge in [-0.05, 0) is 48.8 Å². The average molecular weight is 360 g/mol. The summed E-state index contributed by atoms with van der Waals surface area (Å²) in [7, 11) is 1.62. The number of hydrogen-bond donors (Lipinski definition) is 1. The number of hydrogen-bond acceptors (Lipinski definition) is 3. The number of methoxy groups -OCH3 is 1. The largest absolute Gasteiger partial charge is 0.383 e. The molecule has 1 heterocycles. The first-order valence-electron chi connectivity index (χ1n) is 9.63. The summed E-state index contributed by atoms with van der Waals surface area (Å²) >= 11 is 0. The first-order valence-corrected chi connectivity index (χ1v) is 9.63. The Balaban J connectivity index is 1.78. The Hall–Kier alpha value is -1.88. The smallest absolute Gasteiger partial charge is 0.251 e. The lowest BCUT2D eigenvalue weighted by atomic mass is 9.89. The number of benzene rings is 1. The van der Waals surface area contributed by atoms with Gasteiger partial charge in [0.25, 0.3) is 5.91 Å². The minimum Gasteiger partial charge on any atom is -0.383 e. The molecule has 0 aliphatic carbocycles. The van der Waals surface area contributed by atoms with Crippen LogP contribution >= 0.6 is 0 Å². The van der Waals surface area contributed by atoms with E-state index in [0.717, 1.165) is 32.4 Å². The van der Waals surface area contributed by atoms with Crippen LogP contribution in [0.25, 0.3) is 0 Å². The van der Waals surface area contributed by atoms with Gasteiger partial charge in [0.15, 0.2) is 0 Å². The van der Waals surface area contributed by atoms with Gasteiger partial charge in [0.05, 0.1) is 6.61 Å². The molecular weight excluding hydrogens is 328 g/mol. The Bertz CT molecular complexity index is 575. The highest BCUT2D eigenvalue weighted by atomic mass is 16.5. The highest BCUT2D eigenvalue weighted by molar-refractivity contribution is 5.94. The van der Waals surface area contributed by atoms with Crippen molar-refractivity contribution in [3.05, 3.63) is 35.4 Å². The lowest BCUT2D eigenvalue weighted by Crippen LogP contribution is -2.39. The number of likely N-dealkylation sites (tertiary alicyclic amines) is 1. The van der Waals surface area contributed by atoms with Gasteiger partial charge in [-0.15, -0.1) is 0 Å². The zero-order valence-electron chi connectivity index (χ0n) is 16.3. The number of amides is 2. The molecule has 0 bridgehead atoms. The van der Waals surface area contributed by atoms with Crippen molar-refractivity contribution in [2.75, 3.05) is 33.4 Å². The number of piperidine rings is 1. The summed E-state index contributed by atoms with van der Waals surface area (Å²) in [4.78, 5) is 26.2. The summed E-state index contributed by atoms with van der Waals surface area (Å²) in [5, 5.41) is 2.83. The fraction of sp³-hybridized carbons (Fsp3) is 0.619. The first kappa shape index (κ1) is 20.4. The molecule has 0 aromatic heterocycles. The van der Waals surface area contributed by atoms with Gasteiger partial charge in [0, 0.05) is 38.7 Å². The second-order valence-electron chi connectivity index (χ2n) is 7.57. The van der Waals surface area contributed by atoms with Crippen molar-refractivity contribution >= 4 is 11.8 Å². The second kappa shape index (κ2) is 10.3. The summed E-state index contributed by atoms with van der Waals surface area (Å²) in [6.07, 6.45) is 3.78. The molecule has 2 amide bonds. The molecule has 1 aromatic carbocycles. The van der Waals surface area contributed by atoms with Crippen LogP contribution in [-0.4, -0.2) is 50.1 Å². The quantitative estimate of drug-likeness (QED) is 0.725. The van der Waals surface area contributed by atoms with Crippen molar-refractivity contribution in [1.29, 1.82) is 0 Å². The number of ether oxygens (including phenoxy) is 1. The van der Waals surface area contributed by atoms with Gasteiger partial charge < -0.3 is 15.0 Å². The van der Waals surface area contributed by atoms with Crippen LogP contribution in [0.4, 0.5) is 0 Å². The van der Waals surface area contributed by atoms with Crippen LogP contribution < -0.4 is 5.32 Å². The number of carbonyl (C=O) groups is 2. The van der Waals surface area contributed by atoms with Gasteiger partial charge in [0.2, 0.25) is 5.91 Å². The highest BCUT2D eigenvalue weighted by Crippen LogP contribution is 2.23. The molecule has 5 heteroatoms. The minimum absolute atomic E-state index is 0.0643. The van der Waals surface area contributed by atoms with Crippen LogP contribution in [0.2, 0.25) is 0 Å². The van der Waals surface area contributed by atoms with Crippen LogP contribution in [0.3, 0.4) is 0 Å². The van der Waals surface area contributed by atoms with Gasteiger partial charge in [-0.2, -0.15) is 0 Å². The monoisotopic (exact) mass is 360 g/mol. The van der Waals surface area contributed by atoms with E-state index in [1.807, 2.05) is 29.2 Å². The SMILES string of the molecule is COCCNC(=O)c1ccc(CC2CCN(C(=O)CC(C)C)CC2)cc1. The number of carbonyl (C=O) groups excluding carboxylic acids is 2. The van der Waals surface area contributed by atoms with Crippen LogP contribution in [-0.2, 0) is 16.0 Å². The summed E-state index contributed by atoms with van der Waals surface area (Å²) in [6, 6.07) is 7.86. The standard InChI is InChI=1S/C21H32N2O3/c1-16(2)14-20(24)23-11-8-18(9-12-23)15-17-4-6-19(7-5-17)21(25)22-10-13-26-3/h4-7,16,18H,8-15H2,1-3H3,(H,22,25). The lowest BCUT2D eigenvalue weighted by Gasteiger charge is -2.32. The molecule has 2 rings (SSSR count). The van der Waals surface area contributed by atoms with E-state index < -0.39 is 0 Å². The van der Waals surface area contributed by atoms with Gasteiger partial charge in [-0.3, -0.25) is 9.59 Å². The predicted molar refractivity (Wildman–Crippen MR) is 103 cm³/mol. The second-order valence-corrected chi connectivity index (χ2v) is 7.57. The third-order valence-electron chi connectivity index (χ3n) is 4.88. The molecule has 1 aliphatic heterocycles. The van der Waals surface area contributed by atoms with Crippen molar-refractivity contribution in [3.8, 4) is 0 Å². The van der Waals surface area contributed by atoms with E-state index >= 15 is 0 Å². The maximum absolute atomic E-state index is 12.1. The minimum atomic E-state index is -0.0643. The highest BCUT2D eigenvalue weighted by Gasteiger charge is 2.23. The van der Waals surface area contributed by atoms with Crippen molar-refractivity contribution in [3.63, 3.8) is 0 Å². The Morgan fingerprint density at radius 3 is 2.42 bits per heavy atom. The van der Waals surface area contributed by atoms with Crippen molar-refractivity contribution < 1.29 is 14.3 Å². The van der Waals surface area contributed by atoms with Crippen molar-refractivity contribution in [1.82, 2.24) is 10.2 Å². The van der Waals surface area contributed by atoms with Gasteiger partial charge >= 0.3 is 0 Å². The normalized spacial score (nSPS) is 15.3. The van der Waals surface area contributed by atoms with E-state index in [1.54, 1.807) is 7.11 Å². The molecule has 26 heavy (non-hydrogen) atoms. The van der Waals surface area contributed by atoms with Crippen LogP contribution in [0.15, 0.2) is 24.3 Å². The first-order chi connectivity index (χ1) is 12.5. The Morgan fingerprint density at radius 2 is 1.85 bits per heavy atom. The van der Waals surface area contributed by atoms with Crippen LogP contribution in [0.5, 0.6) is 0 Å². The van der Waals surface area contributed by atoms with E-state index in [2.05, 4.69) is 19.2 Å². The molecule has 0 spiro atoms. The van der Waals surface area contributed by atoms with E-state index in [1.165, 1.54) is 5.56 Å². The maximum atomic E-state index is 12.1. The fourth-order valence-electron chi connectivity index (χ4n) is 3.36. The van der Waals surface area contributed by atoms with Crippen LogP contribution in [0, 0.1) is 11.8 Å². The van der Waals surface area contributed by atoms with E-state index in [-0.39, 0.29) is 5.91 Å². The number of nitrogens with zero attached hydrogens (tertiary/aromatic N) is 1. The number of rotatable bonds is 8. The molecule has 144 valence electrons. The van der Waals surface area contributed by atoms with Crippen molar-refractivity contribution in [2.24, 2.45) is 11.8 Å². The van der Waals surface area contributed by atoms with Crippen LogP contribution in [0.1, 0.15) is 49.0 Å². The van der Waals surface area contributed by atoms with Gasteiger partial charge in [-0.1, -0.05) is 26.0 Å². The van der Waals surface area contributed by atoms with E-state index in [9.17, 15) is 9.59 Å². The molecule has 1 aromatic rings. The molecule has 1 saturated heterocycles. The summed E-state index contributed by atoms with van der Waals surface area (Å²) < 4.78 is 4.93. The zero-order valence-corrected chi connectivity index (χ0v) is 16.3. The third-order valence-corrected chi connectivity index (χ3v) is 4.88. The Labute approximate surface area is 157 Å². The molecule has 1 N–H and O–H groups in total. The Kier molecular flexibility index (Phi) is 8.10. The average Bonchev–Trinajstić information content (AvgIpc) is 2.62. The lowest BCUT2D eigenvalue weighted by molar-refractivity contribution is -0.133. The van der Waals surface area contributed by atoms with Gasteiger partial charge in [-0.25, -0.2) is 0 Å². The summed E-state index contributed by atoms with van der Waals surface area (Å²) in [5.74, 6) is 1.26.